The number of nitrogens with zero attached hydrogens (tertiary/aromatic N) is 1. The first kappa shape index (κ1) is 15.7. The fourth-order valence-corrected chi connectivity index (χ4v) is 2.81. The van der Waals surface area contributed by atoms with E-state index in [2.05, 4.69) is 0 Å². The van der Waals surface area contributed by atoms with Crippen LogP contribution in [0.2, 0.25) is 0 Å². The first-order chi connectivity index (χ1) is 10.1. The van der Waals surface area contributed by atoms with E-state index in [1.807, 2.05) is 6.07 Å². The number of ether oxygens (including phenoxy) is 1. The molecule has 1 amide bonds. The van der Waals surface area contributed by atoms with Crippen molar-refractivity contribution in [2.45, 2.75) is 18.9 Å². The maximum atomic E-state index is 13.4. The summed E-state index contributed by atoms with van der Waals surface area (Å²) in [7, 11) is 0. The van der Waals surface area contributed by atoms with Crippen molar-refractivity contribution in [3.8, 4) is 0 Å². The van der Waals surface area contributed by atoms with E-state index in [4.69, 9.17) is 15.6 Å². The highest BCUT2D eigenvalue weighted by Gasteiger charge is 2.31. The number of halogens is 1. The predicted molar refractivity (Wildman–Crippen MR) is 76.5 cm³/mol. The summed E-state index contributed by atoms with van der Waals surface area (Å²) < 4.78 is 19.2. The minimum Gasteiger partial charge on any atom is -0.465 e. The lowest BCUT2D eigenvalue weighted by Gasteiger charge is -2.35. The molecule has 0 aromatic heterocycles. The summed E-state index contributed by atoms with van der Waals surface area (Å²) in [5.41, 5.74) is 6.22. The molecule has 0 aliphatic carbocycles. The van der Waals surface area contributed by atoms with Crippen LogP contribution in [0.3, 0.4) is 0 Å². The third kappa shape index (κ3) is 4.15. The third-order valence-electron chi connectivity index (χ3n) is 3.75. The van der Waals surface area contributed by atoms with Gasteiger partial charge in [0.05, 0.1) is 12.7 Å². The first-order valence-electron chi connectivity index (χ1n) is 7.17. The van der Waals surface area contributed by atoms with E-state index in [-0.39, 0.29) is 17.8 Å². The van der Waals surface area contributed by atoms with Crippen LogP contribution < -0.4 is 5.73 Å². The molecular formula is C15H21FN2O3. The van der Waals surface area contributed by atoms with E-state index in [1.165, 1.54) is 17.0 Å². The zero-order chi connectivity index (χ0) is 15.2. The first-order valence-corrected chi connectivity index (χ1v) is 7.17. The smallest absolute Gasteiger partial charge is 0.407 e. The van der Waals surface area contributed by atoms with Crippen LogP contribution in [0.1, 0.15) is 24.5 Å². The predicted octanol–water partition coefficient (Wildman–Crippen LogP) is 2.23. The monoisotopic (exact) mass is 296 g/mol. The molecule has 21 heavy (non-hydrogen) atoms. The Morgan fingerprint density at radius 1 is 1.57 bits per heavy atom. The fraction of sp³-hybridized carbons (Fsp3) is 0.533. The van der Waals surface area contributed by atoms with Crippen LogP contribution >= 0.6 is 0 Å². The second-order valence-electron chi connectivity index (χ2n) is 5.27. The Balaban J connectivity index is 2.17. The standard InChI is InChI=1S/C15H21FN2O3/c16-13-5-1-3-11(9-13)14(21-8-6-17)12-4-2-7-18(10-12)15(19)20/h1,3,5,9,12,14H,2,4,6-8,10,17H2,(H,19,20)/t12-,14+/m1/s1. The maximum absolute atomic E-state index is 13.4. The summed E-state index contributed by atoms with van der Waals surface area (Å²) >= 11 is 0. The van der Waals surface area contributed by atoms with Gasteiger partial charge in [0.15, 0.2) is 0 Å². The molecule has 1 aromatic rings. The normalized spacial score (nSPS) is 20.3. The van der Waals surface area contributed by atoms with Gasteiger partial charge in [-0.15, -0.1) is 0 Å². The number of rotatable bonds is 5. The quantitative estimate of drug-likeness (QED) is 0.873. The molecule has 1 aliphatic heterocycles. The molecule has 116 valence electrons. The Morgan fingerprint density at radius 3 is 3.05 bits per heavy atom. The molecule has 1 heterocycles. The number of hydrogen-bond donors (Lipinski definition) is 2. The topological polar surface area (TPSA) is 75.8 Å². The average molecular weight is 296 g/mol. The van der Waals surface area contributed by atoms with Crippen molar-refractivity contribution in [2.75, 3.05) is 26.2 Å². The molecule has 2 atom stereocenters. The molecule has 2 rings (SSSR count). The van der Waals surface area contributed by atoms with E-state index in [9.17, 15) is 9.18 Å². The van der Waals surface area contributed by atoms with Crippen LogP contribution in [-0.4, -0.2) is 42.3 Å². The van der Waals surface area contributed by atoms with Crippen molar-refractivity contribution < 1.29 is 19.0 Å². The van der Waals surface area contributed by atoms with E-state index in [1.54, 1.807) is 6.07 Å². The Hall–Kier alpha value is -1.66. The largest absolute Gasteiger partial charge is 0.465 e. The number of carbonyl (C=O) groups is 1. The van der Waals surface area contributed by atoms with Crippen LogP contribution in [0, 0.1) is 11.7 Å². The molecule has 5 nitrogen and oxygen atoms in total. The van der Waals surface area contributed by atoms with Crippen molar-refractivity contribution >= 4 is 6.09 Å². The summed E-state index contributed by atoms with van der Waals surface area (Å²) in [4.78, 5) is 12.5. The van der Waals surface area contributed by atoms with Gasteiger partial charge in [0, 0.05) is 25.6 Å². The SMILES string of the molecule is NCCO[C@@H](c1cccc(F)c1)[C@@H]1CCCN(C(=O)O)C1. The molecule has 1 fully saturated rings. The van der Waals surface area contributed by atoms with Crippen LogP contribution in [0.15, 0.2) is 24.3 Å². The van der Waals surface area contributed by atoms with Crippen molar-refractivity contribution in [1.29, 1.82) is 0 Å². The molecule has 3 N–H and O–H groups in total. The average Bonchev–Trinajstić information content (AvgIpc) is 2.48. The molecule has 0 saturated carbocycles. The van der Waals surface area contributed by atoms with Gasteiger partial charge >= 0.3 is 6.09 Å². The lowest BCUT2D eigenvalue weighted by atomic mass is 9.88. The number of carboxylic acid groups (broad SMARTS) is 1. The molecule has 1 saturated heterocycles. The Morgan fingerprint density at radius 2 is 2.38 bits per heavy atom. The number of benzene rings is 1. The van der Waals surface area contributed by atoms with Crippen molar-refractivity contribution in [3.05, 3.63) is 35.6 Å². The highest BCUT2D eigenvalue weighted by molar-refractivity contribution is 5.65. The molecule has 0 spiro atoms. The molecule has 0 radical (unpaired) electrons. The highest BCUT2D eigenvalue weighted by Crippen LogP contribution is 2.33. The lowest BCUT2D eigenvalue weighted by molar-refractivity contribution is -0.00991. The molecule has 1 aromatic carbocycles. The van der Waals surface area contributed by atoms with Crippen LogP contribution in [0.4, 0.5) is 9.18 Å². The van der Waals surface area contributed by atoms with E-state index in [0.717, 1.165) is 18.4 Å². The van der Waals surface area contributed by atoms with Gasteiger partial charge in [-0.2, -0.15) is 0 Å². The van der Waals surface area contributed by atoms with Crippen molar-refractivity contribution in [1.82, 2.24) is 4.90 Å². The Kier molecular flexibility index (Phi) is 5.52. The molecule has 1 aliphatic rings. The number of hydrogen-bond acceptors (Lipinski definition) is 3. The molecule has 0 unspecified atom stereocenters. The zero-order valence-electron chi connectivity index (χ0n) is 11.9. The summed E-state index contributed by atoms with van der Waals surface area (Å²) in [5, 5.41) is 9.13. The molecule has 0 bridgehead atoms. The number of nitrogens with two attached hydrogens (primary N) is 1. The van der Waals surface area contributed by atoms with E-state index in [0.29, 0.717) is 26.2 Å². The lowest BCUT2D eigenvalue weighted by Crippen LogP contribution is -2.41. The van der Waals surface area contributed by atoms with E-state index >= 15 is 0 Å². The highest BCUT2D eigenvalue weighted by atomic mass is 19.1. The van der Waals surface area contributed by atoms with Gasteiger partial charge in [-0.05, 0) is 30.5 Å². The molecular weight excluding hydrogens is 275 g/mol. The minimum absolute atomic E-state index is 0.0169. The number of amides is 1. The van der Waals surface area contributed by atoms with Gasteiger partial charge in [-0.1, -0.05) is 12.1 Å². The van der Waals surface area contributed by atoms with Crippen LogP contribution in [0.5, 0.6) is 0 Å². The minimum atomic E-state index is -0.920. The summed E-state index contributed by atoms with van der Waals surface area (Å²) in [6.45, 7) is 1.69. The van der Waals surface area contributed by atoms with Gasteiger partial charge in [-0.3, -0.25) is 0 Å². The maximum Gasteiger partial charge on any atom is 0.407 e. The second kappa shape index (κ2) is 7.38. The van der Waals surface area contributed by atoms with Gasteiger partial charge in [0.1, 0.15) is 5.82 Å². The Bertz CT molecular complexity index is 484. The van der Waals surface area contributed by atoms with Crippen LogP contribution in [-0.2, 0) is 4.74 Å². The summed E-state index contributed by atoms with van der Waals surface area (Å²) in [6, 6.07) is 6.28. The third-order valence-corrected chi connectivity index (χ3v) is 3.75. The van der Waals surface area contributed by atoms with E-state index < -0.39 is 6.09 Å². The van der Waals surface area contributed by atoms with Gasteiger partial charge < -0.3 is 20.5 Å². The van der Waals surface area contributed by atoms with Crippen molar-refractivity contribution in [2.24, 2.45) is 11.7 Å². The number of likely N-dealkylation sites (tertiary alicyclic amines) is 1. The number of piperidine rings is 1. The second-order valence-corrected chi connectivity index (χ2v) is 5.27. The van der Waals surface area contributed by atoms with Crippen molar-refractivity contribution in [3.63, 3.8) is 0 Å². The summed E-state index contributed by atoms with van der Waals surface area (Å²) in [5.74, 6) is -0.303. The summed E-state index contributed by atoms with van der Waals surface area (Å²) in [6.07, 6.45) is 0.396. The van der Waals surface area contributed by atoms with Gasteiger partial charge in [0.2, 0.25) is 0 Å². The van der Waals surface area contributed by atoms with Gasteiger partial charge in [-0.25, -0.2) is 9.18 Å². The van der Waals surface area contributed by atoms with Gasteiger partial charge in [0.25, 0.3) is 0 Å². The zero-order valence-corrected chi connectivity index (χ0v) is 11.9. The van der Waals surface area contributed by atoms with Crippen LogP contribution in [0.25, 0.3) is 0 Å². The Labute approximate surface area is 123 Å². The molecule has 6 heteroatoms. The fourth-order valence-electron chi connectivity index (χ4n) is 2.81.